The normalized spacial score (nSPS) is 10.4. The van der Waals surface area contributed by atoms with Crippen LogP contribution in [0.15, 0.2) is 30.6 Å². The Morgan fingerprint density at radius 2 is 2.04 bits per heavy atom. The zero-order valence-corrected chi connectivity index (χ0v) is 15.9. The van der Waals surface area contributed by atoms with Gasteiger partial charge in [0.05, 0.1) is 21.7 Å². The van der Waals surface area contributed by atoms with Gasteiger partial charge in [0.25, 0.3) is 5.91 Å². The lowest BCUT2D eigenvalue weighted by atomic mass is 9.93. The van der Waals surface area contributed by atoms with E-state index < -0.39 is 11.8 Å². The van der Waals surface area contributed by atoms with Crippen molar-refractivity contribution in [3.8, 4) is 17.2 Å². The van der Waals surface area contributed by atoms with E-state index in [1.807, 2.05) is 6.07 Å². The highest BCUT2D eigenvalue weighted by molar-refractivity contribution is 6.41. The molecule has 0 aliphatic carbocycles. The summed E-state index contributed by atoms with van der Waals surface area (Å²) in [5.74, 6) is -1.21. The quantitative estimate of drug-likeness (QED) is 0.600. The fourth-order valence-corrected chi connectivity index (χ4v) is 3.30. The van der Waals surface area contributed by atoms with Gasteiger partial charge in [0.2, 0.25) is 5.91 Å². The van der Waals surface area contributed by atoms with Crippen LogP contribution >= 0.6 is 23.2 Å². The summed E-state index contributed by atoms with van der Waals surface area (Å²) in [5, 5.41) is 18.1. The van der Waals surface area contributed by atoms with Crippen LogP contribution in [0.5, 0.6) is 0 Å². The summed E-state index contributed by atoms with van der Waals surface area (Å²) in [4.78, 5) is 28.3. The summed E-state index contributed by atoms with van der Waals surface area (Å²) >= 11 is 12.8. The number of carbonyl (C=O) groups excluding carboxylic acids is 2. The zero-order chi connectivity index (χ0) is 20.4. The maximum atomic E-state index is 12.3. The molecule has 0 saturated heterocycles. The van der Waals surface area contributed by atoms with Gasteiger partial charge in [-0.1, -0.05) is 23.2 Å². The Morgan fingerprint density at radius 3 is 2.64 bits per heavy atom. The molecule has 28 heavy (non-hydrogen) atoms. The standard InChI is InChI=1S/C18H12Cl2N6O2/c1-8-4-9(6-21)5-10(16(22)27)13(8)14-11(19)7-23-17(15(14)20)25-18(28)12-2-3-24-26-12/h2-5,7H,1H3,(H2,22,27)(H,24,26)(H,23,25,28). The van der Waals surface area contributed by atoms with E-state index in [1.54, 1.807) is 13.0 Å². The van der Waals surface area contributed by atoms with Crippen molar-refractivity contribution < 1.29 is 9.59 Å². The Labute approximate surface area is 169 Å². The SMILES string of the molecule is Cc1cc(C#N)cc(C(N)=O)c1-c1c(Cl)cnc(NC(=O)c2ccn[nH]2)c1Cl. The van der Waals surface area contributed by atoms with Crippen LogP contribution in [0.2, 0.25) is 10.0 Å². The first-order valence-corrected chi connectivity index (χ1v) is 8.58. The fraction of sp³-hybridized carbons (Fsp3) is 0.0556. The number of aromatic amines is 1. The predicted octanol–water partition coefficient (Wildman–Crippen LogP) is 3.31. The minimum absolute atomic E-state index is 0.0238. The second kappa shape index (κ2) is 7.68. The third-order valence-corrected chi connectivity index (χ3v) is 4.59. The molecule has 1 aromatic carbocycles. The maximum Gasteiger partial charge on any atom is 0.274 e. The number of aromatic nitrogens is 3. The van der Waals surface area contributed by atoms with Crippen LogP contribution in [-0.2, 0) is 0 Å². The van der Waals surface area contributed by atoms with E-state index in [-0.39, 0.29) is 38.2 Å². The Bertz CT molecular complexity index is 1140. The molecule has 10 heteroatoms. The number of anilines is 1. The van der Waals surface area contributed by atoms with Crippen LogP contribution in [-0.4, -0.2) is 27.0 Å². The predicted molar refractivity (Wildman–Crippen MR) is 104 cm³/mol. The summed E-state index contributed by atoms with van der Waals surface area (Å²) < 4.78 is 0. The fourth-order valence-electron chi connectivity index (χ4n) is 2.72. The van der Waals surface area contributed by atoms with Gasteiger partial charge in [-0.05, 0) is 30.7 Å². The van der Waals surface area contributed by atoms with Gasteiger partial charge in [-0.25, -0.2) is 4.98 Å². The lowest BCUT2D eigenvalue weighted by molar-refractivity contribution is 0.0997. The number of carbonyl (C=O) groups is 2. The Morgan fingerprint density at radius 1 is 1.29 bits per heavy atom. The Balaban J connectivity index is 2.17. The van der Waals surface area contributed by atoms with Crippen LogP contribution in [0.25, 0.3) is 11.1 Å². The van der Waals surface area contributed by atoms with Crippen molar-refractivity contribution in [3.63, 3.8) is 0 Å². The largest absolute Gasteiger partial charge is 0.366 e. The number of primary amides is 1. The monoisotopic (exact) mass is 414 g/mol. The van der Waals surface area contributed by atoms with Crippen LogP contribution in [0.1, 0.15) is 32.0 Å². The molecular weight excluding hydrogens is 403 g/mol. The lowest BCUT2D eigenvalue weighted by Gasteiger charge is -2.16. The molecule has 0 atom stereocenters. The van der Waals surface area contributed by atoms with Gasteiger partial charge >= 0.3 is 0 Å². The van der Waals surface area contributed by atoms with Gasteiger partial charge in [-0.3, -0.25) is 14.7 Å². The number of nitriles is 1. The number of nitrogens with one attached hydrogen (secondary N) is 2. The van der Waals surface area contributed by atoms with E-state index in [9.17, 15) is 9.59 Å². The second-order valence-electron chi connectivity index (χ2n) is 5.76. The number of benzene rings is 1. The molecule has 2 aromatic heterocycles. The third-order valence-electron chi connectivity index (χ3n) is 3.93. The Kier molecular flexibility index (Phi) is 5.31. The molecule has 0 unspecified atom stereocenters. The average Bonchev–Trinajstić information content (AvgIpc) is 3.19. The molecule has 140 valence electrons. The van der Waals surface area contributed by atoms with Crippen molar-refractivity contribution in [1.29, 1.82) is 5.26 Å². The number of amides is 2. The molecule has 0 spiro atoms. The number of hydrogen-bond acceptors (Lipinski definition) is 5. The van der Waals surface area contributed by atoms with Crippen molar-refractivity contribution >= 4 is 40.8 Å². The first-order valence-electron chi connectivity index (χ1n) is 7.83. The smallest absolute Gasteiger partial charge is 0.274 e. The second-order valence-corrected chi connectivity index (χ2v) is 6.55. The number of H-pyrrole nitrogens is 1. The van der Waals surface area contributed by atoms with Crippen LogP contribution in [0.3, 0.4) is 0 Å². The van der Waals surface area contributed by atoms with E-state index >= 15 is 0 Å². The number of hydrogen-bond donors (Lipinski definition) is 3. The third kappa shape index (κ3) is 3.53. The summed E-state index contributed by atoms with van der Waals surface area (Å²) in [6.45, 7) is 1.69. The van der Waals surface area contributed by atoms with E-state index in [0.717, 1.165) is 0 Å². The maximum absolute atomic E-state index is 12.3. The van der Waals surface area contributed by atoms with Gasteiger partial charge in [0.15, 0.2) is 5.82 Å². The molecule has 0 radical (unpaired) electrons. The van der Waals surface area contributed by atoms with Gasteiger partial charge in [-0.2, -0.15) is 10.4 Å². The molecule has 8 nitrogen and oxygen atoms in total. The van der Waals surface area contributed by atoms with Crippen molar-refractivity contribution in [2.24, 2.45) is 5.73 Å². The van der Waals surface area contributed by atoms with Crippen molar-refractivity contribution in [1.82, 2.24) is 15.2 Å². The van der Waals surface area contributed by atoms with Crippen molar-refractivity contribution in [3.05, 3.63) is 63.0 Å². The van der Waals surface area contributed by atoms with Crippen molar-refractivity contribution in [2.45, 2.75) is 6.92 Å². The topological polar surface area (TPSA) is 138 Å². The lowest BCUT2D eigenvalue weighted by Crippen LogP contribution is -2.15. The molecular formula is C18H12Cl2N6O2. The zero-order valence-electron chi connectivity index (χ0n) is 14.4. The highest BCUT2D eigenvalue weighted by atomic mass is 35.5. The summed E-state index contributed by atoms with van der Waals surface area (Å²) in [6.07, 6.45) is 2.73. The highest BCUT2D eigenvalue weighted by Crippen LogP contribution is 2.41. The van der Waals surface area contributed by atoms with Gasteiger partial charge in [-0.15, -0.1) is 0 Å². The molecule has 2 heterocycles. The number of aryl methyl sites for hydroxylation is 1. The molecule has 0 saturated carbocycles. The minimum atomic E-state index is -0.748. The molecule has 4 N–H and O–H groups in total. The van der Waals surface area contributed by atoms with E-state index in [0.29, 0.717) is 11.1 Å². The van der Waals surface area contributed by atoms with E-state index in [2.05, 4.69) is 20.5 Å². The van der Waals surface area contributed by atoms with Crippen molar-refractivity contribution in [2.75, 3.05) is 5.32 Å². The summed E-state index contributed by atoms with van der Waals surface area (Å²) in [7, 11) is 0. The van der Waals surface area contributed by atoms with Crippen LogP contribution < -0.4 is 11.1 Å². The van der Waals surface area contributed by atoms with Crippen LogP contribution in [0.4, 0.5) is 5.82 Å². The number of nitrogens with two attached hydrogens (primary N) is 1. The average molecular weight is 415 g/mol. The number of rotatable bonds is 4. The highest BCUT2D eigenvalue weighted by Gasteiger charge is 2.23. The summed E-state index contributed by atoms with van der Waals surface area (Å²) in [6, 6.07) is 6.40. The van der Waals surface area contributed by atoms with Crippen LogP contribution in [0, 0.1) is 18.3 Å². The molecule has 3 aromatic rings. The van der Waals surface area contributed by atoms with E-state index in [1.165, 1.54) is 24.5 Å². The molecule has 0 bridgehead atoms. The summed E-state index contributed by atoms with van der Waals surface area (Å²) in [5.41, 5.74) is 7.25. The molecule has 0 fully saturated rings. The Hall–Kier alpha value is -3.41. The van der Waals surface area contributed by atoms with Gasteiger partial charge in [0.1, 0.15) is 5.69 Å². The first-order chi connectivity index (χ1) is 13.3. The number of pyridine rings is 1. The molecule has 0 aliphatic heterocycles. The minimum Gasteiger partial charge on any atom is -0.366 e. The molecule has 0 aliphatic rings. The van der Waals surface area contributed by atoms with Gasteiger partial charge in [0, 0.05) is 29.1 Å². The molecule has 2 amide bonds. The van der Waals surface area contributed by atoms with Gasteiger partial charge < -0.3 is 11.1 Å². The van der Waals surface area contributed by atoms with E-state index in [4.69, 9.17) is 34.2 Å². The first kappa shape index (κ1) is 19.4. The number of nitrogens with zero attached hydrogens (tertiary/aromatic N) is 3. The number of halogens is 2. The molecule has 3 rings (SSSR count).